The van der Waals surface area contributed by atoms with E-state index >= 15 is 0 Å². The molecule has 104 valence electrons. The fraction of sp³-hybridized carbons (Fsp3) is 0.125. The van der Waals surface area contributed by atoms with Crippen LogP contribution in [0.25, 0.3) is 5.69 Å². The van der Waals surface area contributed by atoms with Crippen molar-refractivity contribution in [3.05, 3.63) is 70.7 Å². The fourth-order valence-corrected chi connectivity index (χ4v) is 2.72. The molecule has 0 aliphatic carbocycles. The lowest BCUT2D eigenvalue weighted by atomic mass is 10.2. The first kappa shape index (κ1) is 13.6. The molecular weight excluding hydrogens is 280 g/mol. The van der Waals surface area contributed by atoms with Crippen molar-refractivity contribution >= 4 is 11.3 Å². The van der Waals surface area contributed by atoms with Crippen molar-refractivity contribution in [1.82, 2.24) is 15.1 Å². The Balaban J connectivity index is 1.73. The van der Waals surface area contributed by atoms with Gasteiger partial charge in [0.25, 0.3) is 0 Å². The van der Waals surface area contributed by atoms with Crippen molar-refractivity contribution in [1.29, 1.82) is 5.26 Å². The molecule has 0 aliphatic heterocycles. The molecule has 2 aromatic heterocycles. The van der Waals surface area contributed by atoms with Crippen LogP contribution in [0.2, 0.25) is 0 Å². The minimum Gasteiger partial charge on any atom is -0.293 e. The van der Waals surface area contributed by atoms with E-state index in [0.717, 1.165) is 11.3 Å². The van der Waals surface area contributed by atoms with Gasteiger partial charge < -0.3 is 0 Å². The summed E-state index contributed by atoms with van der Waals surface area (Å²) in [5.74, 6) is 0. The van der Waals surface area contributed by atoms with Crippen molar-refractivity contribution in [2.24, 2.45) is 0 Å². The second-order valence-electron chi connectivity index (χ2n) is 4.58. The van der Waals surface area contributed by atoms with Gasteiger partial charge in [-0.3, -0.25) is 5.32 Å². The van der Waals surface area contributed by atoms with Gasteiger partial charge in [0.2, 0.25) is 0 Å². The zero-order valence-corrected chi connectivity index (χ0v) is 12.1. The number of hydrogen-bond acceptors (Lipinski definition) is 4. The van der Waals surface area contributed by atoms with Crippen molar-refractivity contribution in [3.63, 3.8) is 0 Å². The standard InChI is InChI=1S/C16H14N4S/c17-9-16(18-11-15-7-4-8-21-15)13-10-19-20(12-13)14-5-2-1-3-6-14/h1-8,10,12,16,18H,11H2. The van der Waals surface area contributed by atoms with Gasteiger partial charge in [-0.1, -0.05) is 24.3 Å². The molecule has 4 nitrogen and oxygen atoms in total. The SMILES string of the molecule is N#CC(NCc1cccs1)c1cnn(-c2ccccc2)c1. The van der Waals surface area contributed by atoms with Gasteiger partial charge in [-0.25, -0.2) is 4.68 Å². The van der Waals surface area contributed by atoms with Crippen LogP contribution in [-0.2, 0) is 6.54 Å². The first-order valence-corrected chi connectivity index (χ1v) is 7.50. The predicted molar refractivity (Wildman–Crippen MR) is 83.1 cm³/mol. The largest absolute Gasteiger partial charge is 0.293 e. The Morgan fingerprint density at radius 3 is 2.81 bits per heavy atom. The monoisotopic (exact) mass is 294 g/mol. The highest BCUT2D eigenvalue weighted by Crippen LogP contribution is 2.16. The molecular formula is C16H14N4S. The average Bonchev–Trinajstić information content (AvgIpc) is 3.20. The Labute approximate surface area is 127 Å². The number of nitrogens with zero attached hydrogens (tertiary/aromatic N) is 3. The lowest BCUT2D eigenvalue weighted by Gasteiger charge is -2.08. The molecule has 0 fully saturated rings. The smallest absolute Gasteiger partial charge is 0.124 e. The number of rotatable bonds is 5. The third-order valence-electron chi connectivity index (χ3n) is 3.15. The average molecular weight is 294 g/mol. The maximum atomic E-state index is 9.34. The van der Waals surface area contributed by atoms with Gasteiger partial charge in [0.05, 0.1) is 18.0 Å². The molecule has 0 radical (unpaired) electrons. The van der Waals surface area contributed by atoms with Crippen molar-refractivity contribution in [2.75, 3.05) is 0 Å². The zero-order valence-electron chi connectivity index (χ0n) is 11.3. The topological polar surface area (TPSA) is 53.6 Å². The molecule has 3 rings (SSSR count). The van der Waals surface area contributed by atoms with E-state index in [4.69, 9.17) is 0 Å². The summed E-state index contributed by atoms with van der Waals surface area (Å²) in [7, 11) is 0. The quantitative estimate of drug-likeness (QED) is 0.785. The van der Waals surface area contributed by atoms with Crippen LogP contribution in [0.4, 0.5) is 0 Å². The maximum absolute atomic E-state index is 9.34. The molecule has 0 aliphatic rings. The van der Waals surface area contributed by atoms with Gasteiger partial charge in [-0.15, -0.1) is 11.3 Å². The molecule has 1 N–H and O–H groups in total. The van der Waals surface area contributed by atoms with Crippen LogP contribution in [0, 0.1) is 11.3 Å². The summed E-state index contributed by atoms with van der Waals surface area (Å²) in [6, 6.07) is 15.9. The van der Waals surface area contributed by atoms with Crippen LogP contribution in [0.15, 0.2) is 60.2 Å². The number of nitrogens with one attached hydrogen (secondary N) is 1. The van der Waals surface area contributed by atoms with E-state index in [9.17, 15) is 5.26 Å². The number of benzene rings is 1. The number of thiophene rings is 1. The molecule has 0 saturated carbocycles. The van der Waals surface area contributed by atoms with Crippen molar-refractivity contribution in [3.8, 4) is 11.8 Å². The molecule has 21 heavy (non-hydrogen) atoms. The number of hydrogen-bond donors (Lipinski definition) is 1. The summed E-state index contributed by atoms with van der Waals surface area (Å²) in [5.41, 5.74) is 1.86. The highest BCUT2D eigenvalue weighted by atomic mass is 32.1. The highest BCUT2D eigenvalue weighted by Gasteiger charge is 2.13. The molecule has 1 atom stereocenters. The van der Waals surface area contributed by atoms with E-state index in [1.54, 1.807) is 22.2 Å². The van der Waals surface area contributed by atoms with Crippen LogP contribution >= 0.6 is 11.3 Å². The van der Waals surface area contributed by atoms with Crippen molar-refractivity contribution in [2.45, 2.75) is 12.6 Å². The Morgan fingerprint density at radius 2 is 2.10 bits per heavy atom. The lowest BCUT2D eigenvalue weighted by molar-refractivity contribution is 0.636. The first-order valence-electron chi connectivity index (χ1n) is 6.62. The summed E-state index contributed by atoms with van der Waals surface area (Å²) in [6.45, 7) is 0.687. The van der Waals surface area contributed by atoms with E-state index in [1.807, 2.05) is 48.0 Å². The van der Waals surface area contributed by atoms with E-state index < -0.39 is 0 Å². The number of nitriles is 1. The highest BCUT2D eigenvalue weighted by molar-refractivity contribution is 7.09. The van der Waals surface area contributed by atoms with E-state index in [0.29, 0.717) is 6.54 Å². The molecule has 0 bridgehead atoms. The van der Waals surface area contributed by atoms with Crippen LogP contribution in [0.5, 0.6) is 0 Å². The van der Waals surface area contributed by atoms with Gasteiger partial charge >= 0.3 is 0 Å². The third kappa shape index (κ3) is 3.19. The Kier molecular flexibility index (Phi) is 4.10. The lowest BCUT2D eigenvalue weighted by Crippen LogP contribution is -2.18. The van der Waals surface area contributed by atoms with Crippen LogP contribution < -0.4 is 5.32 Å². The van der Waals surface area contributed by atoms with Gasteiger partial charge in [-0.2, -0.15) is 10.4 Å². The minimum atomic E-state index is -0.357. The second-order valence-corrected chi connectivity index (χ2v) is 5.61. The van der Waals surface area contributed by atoms with Crippen molar-refractivity contribution < 1.29 is 0 Å². The Bertz CT molecular complexity index is 725. The Morgan fingerprint density at radius 1 is 1.24 bits per heavy atom. The molecule has 5 heteroatoms. The summed E-state index contributed by atoms with van der Waals surface area (Å²) in [5, 5.41) is 19.0. The van der Waals surface area contributed by atoms with Gasteiger partial charge in [0.1, 0.15) is 6.04 Å². The van der Waals surface area contributed by atoms with Crippen LogP contribution in [0.3, 0.4) is 0 Å². The van der Waals surface area contributed by atoms with Crippen LogP contribution in [-0.4, -0.2) is 9.78 Å². The fourth-order valence-electron chi connectivity index (χ4n) is 2.06. The Hall–Kier alpha value is -2.42. The number of para-hydroxylation sites is 1. The maximum Gasteiger partial charge on any atom is 0.124 e. The molecule has 0 saturated heterocycles. The van der Waals surface area contributed by atoms with Gasteiger partial charge in [-0.05, 0) is 23.6 Å². The van der Waals surface area contributed by atoms with E-state index in [1.165, 1.54) is 4.88 Å². The molecule has 0 spiro atoms. The zero-order chi connectivity index (χ0) is 14.5. The minimum absolute atomic E-state index is 0.357. The van der Waals surface area contributed by atoms with Crippen LogP contribution in [0.1, 0.15) is 16.5 Å². The summed E-state index contributed by atoms with van der Waals surface area (Å²) in [6.07, 6.45) is 3.63. The predicted octanol–water partition coefficient (Wildman–Crippen LogP) is 3.29. The van der Waals surface area contributed by atoms with Gasteiger partial charge in [0, 0.05) is 23.2 Å². The molecule has 0 amide bonds. The molecule has 1 unspecified atom stereocenters. The van der Waals surface area contributed by atoms with E-state index in [2.05, 4.69) is 22.6 Å². The normalized spacial score (nSPS) is 12.0. The third-order valence-corrected chi connectivity index (χ3v) is 4.02. The summed E-state index contributed by atoms with van der Waals surface area (Å²) >= 11 is 1.68. The second kappa shape index (κ2) is 6.35. The van der Waals surface area contributed by atoms with Gasteiger partial charge in [0.15, 0.2) is 0 Å². The van der Waals surface area contributed by atoms with E-state index in [-0.39, 0.29) is 6.04 Å². The first-order chi connectivity index (χ1) is 10.4. The molecule has 2 heterocycles. The summed E-state index contributed by atoms with van der Waals surface area (Å²) < 4.78 is 1.78. The summed E-state index contributed by atoms with van der Waals surface area (Å²) in [4.78, 5) is 1.21. The molecule has 1 aromatic carbocycles. The number of aromatic nitrogens is 2. The molecule has 3 aromatic rings.